The van der Waals surface area contributed by atoms with E-state index in [2.05, 4.69) is 4.74 Å². The third kappa shape index (κ3) is 7.30. The van der Waals surface area contributed by atoms with Gasteiger partial charge < -0.3 is 14.4 Å². The number of non-ortho nitro benzene ring substituents is 1. The highest BCUT2D eigenvalue weighted by atomic mass is 16.6. The van der Waals surface area contributed by atoms with Crippen molar-refractivity contribution in [1.82, 2.24) is 4.90 Å². The molecule has 0 saturated carbocycles. The summed E-state index contributed by atoms with van der Waals surface area (Å²) in [5, 5.41) is 10.7. The van der Waals surface area contributed by atoms with E-state index in [1.165, 1.54) is 36.3 Å². The second-order valence-corrected chi connectivity index (χ2v) is 5.70. The van der Waals surface area contributed by atoms with Crippen LogP contribution in [0.3, 0.4) is 0 Å². The molecule has 8 heteroatoms. The van der Waals surface area contributed by atoms with Gasteiger partial charge in [0.25, 0.3) is 11.6 Å². The van der Waals surface area contributed by atoms with Crippen LogP contribution in [-0.2, 0) is 14.3 Å². The van der Waals surface area contributed by atoms with Crippen LogP contribution >= 0.6 is 0 Å². The van der Waals surface area contributed by atoms with Crippen molar-refractivity contribution in [2.75, 3.05) is 26.8 Å². The van der Waals surface area contributed by atoms with E-state index in [4.69, 9.17) is 4.74 Å². The summed E-state index contributed by atoms with van der Waals surface area (Å²) in [6.45, 7) is 4.98. The largest absolute Gasteiger partial charge is 0.469 e. The summed E-state index contributed by atoms with van der Waals surface area (Å²) < 4.78 is 10.1. The number of hydrogen-bond donors (Lipinski definition) is 0. The standard InChI is InChI=1S/C17H24N2O6/c1-13(2)25-12-4-10-18(11-9-16(20)24-3)17(21)14-5-7-15(8-6-14)19(22)23/h5-8,13H,4,9-12H2,1-3H3. The highest BCUT2D eigenvalue weighted by Crippen LogP contribution is 2.14. The Kier molecular flexibility index (Phi) is 8.55. The number of rotatable bonds is 10. The monoisotopic (exact) mass is 352 g/mol. The first-order valence-corrected chi connectivity index (χ1v) is 8.07. The lowest BCUT2D eigenvalue weighted by atomic mass is 10.1. The van der Waals surface area contributed by atoms with E-state index in [-0.39, 0.29) is 30.7 Å². The van der Waals surface area contributed by atoms with Crippen LogP contribution in [-0.4, -0.2) is 54.6 Å². The van der Waals surface area contributed by atoms with Gasteiger partial charge >= 0.3 is 5.97 Å². The molecular formula is C17H24N2O6. The molecule has 0 bridgehead atoms. The Morgan fingerprint density at radius 1 is 1.20 bits per heavy atom. The van der Waals surface area contributed by atoms with E-state index < -0.39 is 10.9 Å². The first-order valence-electron chi connectivity index (χ1n) is 8.07. The van der Waals surface area contributed by atoms with E-state index in [9.17, 15) is 19.7 Å². The van der Waals surface area contributed by atoms with Gasteiger partial charge in [0.05, 0.1) is 24.6 Å². The lowest BCUT2D eigenvalue weighted by molar-refractivity contribution is -0.384. The van der Waals surface area contributed by atoms with E-state index in [1.807, 2.05) is 13.8 Å². The topological polar surface area (TPSA) is 99.0 Å². The summed E-state index contributed by atoms with van der Waals surface area (Å²) in [4.78, 5) is 35.7. The number of carbonyl (C=O) groups excluding carboxylic acids is 2. The van der Waals surface area contributed by atoms with E-state index in [0.717, 1.165) is 0 Å². The molecule has 25 heavy (non-hydrogen) atoms. The zero-order chi connectivity index (χ0) is 18.8. The molecule has 0 N–H and O–H groups in total. The lowest BCUT2D eigenvalue weighted by Crippen LogP contribution is -2.34. The molecular weight excluding hydrogens is 328 g/mol. The van der Waals surface area contributed by atoms with E-state index in [1.54, 1.807) is 0 Å². The molecule has 0 spiro atoms. The molecule has 0 atom stereocenters. The number of esters is 1. The van der Waals surface area contributed by atoms with Gasteiger partial charge in [0, 0.05) is 37.4 Å². The molecule has 1 rings (SSSR count). The van der Waals surface area contributed by atoms with Crippen LogP contribution in [0.15, 0.2) is 24.3 Å². The number of methoxy groups -OCH3 is 1. The summed E-state index contributed by atoms with van der Waals surface area (Å²) in [6, 6.07) is 5.40. The second-order valence-electron chi connectivity index (χ2n) is 5.70. The number of carbonyl (C=O) groups is 2. The quantitative estimate of drug-likeness (QED) is 0.277. The fourth-order valence-corrected chi connectivity index (χ4v) is 2.13. The van der Waals surface area contributed by atoms with Crippen molar-refractivity contribution in [3.8, 4) is 0 Å². The molecule has 0 aromatic heterocycles. The Hall–Kier alpha value is -2.48. The van der Waals surface area contributed by atoms with Crippen LogP contribution in [0.4, 0.5) is 5.69 Å². The Labute approximate surface area is 146 Å². The maximum absolute atomic E-state index is 12.6. The lowest BCUT2D eigenvalue weighted by Gasteiger charge is -2.22. The van der Waals surface area contributed by atoms with Crippen LogP contribution in [0.25, 0.3) is 0 Å². The number of amides is 1. The minimum atomic E-state index is -0.521. The van der Waals surface area contributed by atoms with Crippen molar-refractivity contribution in [2.24, 2.45) is 0 Å². The summed E-state index contributed by atoms with van der Waals surface area (Å²) in [7, 11) is 1.29. The molecule has 138 valence electrons. The molecule has 0 unspecified atom stereocenters. The van der Waals surface area contributed by atoms with Gasteiger partial charge in [-0.2, -0.15) is 0 Å². The van der Waals surface area contributed by atoms with Gasteiger partial charge in [-0.25, -0.2) is 0 Å². The number of nitrogens with zero attached hydrogens (tertiary/aromatic N) is 2. The molecule has 0 aliphatic heterocycles. The Bertz CT molecular complexity index is 585. The van der Waals surface area contributed by atoms with Gasteiger partial charge in [-0.1, -0.05) is 0 Å². The molecule has 0 saturated heterocycles. The molecule has 0 aliphatic rings. The van der Waals surface area contributed by atoms with Crippen LogP contribution in [0.5, 0.6) is 0 Å². The van der Waals surface area contributed by atoms with E-state index in [0.29, 0.717) is 25.1 Å². The maximum Gasteiger partial charge on any atom is 0.307 e. The summed E-state index contributed by atoms with van der Waals surface area (Å²) in [5.74, 6) is -0.691. The molecule has 8 nitrogen and oxygen atoms in total. The predicted octanol–water partition coefficient (Wildman–Crippen LogP) is 2.42. The van der Waals surface area contributed by atoms with Crippen molar-refractivity contribution in [1.29, 1.82) is 0 Å². The maximum atomic E-state index is 12.6. The van der Waals surface area contributed by atoms with Crippen LogP contribution in [0, 0.1) is 10.1 Å². The number of benzene rings is 1. The molecule has 1 amide bonds. The zero-order valence-electron chi connectivity index (χ0n) is 14.8. The number of nitro groups is 1. The Morgan fingerprint density at radius 2 is 1.84 bits per heavy atom. The first-order chi connectivity index (χ1) is 11.8. The minimum absolute atomic E-state index is 0.0806. The third-order valence-corrected chi connectivity index (χ3v) is 3.45. The first kappa shape index (κ1) is 20.6. The number of ether oxygens (including phenoxy) is 2. The SMILES string of the molecule is COC(=O)CCN(CCCOC(C)C)C(=O)c1ccc([N+](=O)[O-])cc1. The van der Waals surface area contributed by atoms with Gasteiger partial charge in [-0.3, -0.25) is 19.7 Å². The molecule has 0 radical (unpaired) electrons. The van der Waals surface area contributed by atoms with Crippen molar-refractivity contribution in [2.45, 2.75) is 32.8 Å². The Morgan fingerprint density at radius 3 is 2.36 bits per heavy atom. The summed E-state index contributed by atoms with van der Waals surface area (Å²) in [6.07, 6.45) is 0.812. The van der Waals surface area contributed by atoms with Gasteiger partial charge in [0.1, 0.15) is 0 Å². The van der Waals surface area contributed by atoms with Crippen molar-refractivity contribution >= 4 is 17.6 Å². The molecule has 1 aromatic rings. The number of nitro benzene ring substituents is 1. The average molecular weight is 352 g/mol. The van der Waals surface area contributed by atoms with Crippen LogP contribution in [0.1, 0.15) is 37.0 Å². The highest BCUT2D eigenvalue weighted by molar-refractivity contribution is 5.94. The van der Waals surface area contributed by atoms with Crippen molar-refractivity contribution in [3.63, 3.8) is 0 Å². The van der Waals surface area contributed by atoms with Gasteiger partial charge in [-0.05, 0) is 32.4 Å². The Balaban J connectivity index is 2.75. The zero-order valence-corrected chi connectivity index (χ0v) is 14.8. The van der Waals surface area contributed by atoms with Gasteiger partial charge in [0.15, 0.2) is 0 Å². The summed E-state index contributed by atoms with van der Waals surface area (Å²) >= 11 is 0. The molecule has 1 aromatic carbocycles. The fourth-order valence-electron chi connectivity index (χ4n) is 2.13. The number of hydrogen-bond acceptors (Lipinski definition) is 6. The molecule has 0 aliphatic carbocycles. The minimum Gasteiger partial charge on any atom is -0.469 e. The third-order valence-electron chi connectivity index (χ3n) is 3.45. The molecule has 0 heterocycles. The molecule has 0 fully saturated rings. The predicted molar refractivity (Wildman–Crippen MR) is 91.3 cm³/mol. The average Bonchev–Trinajstić information content (AvgIpc) is 2.60. The highest BCUT2D eigenvalue weighted by Gasteiger charge is 2.18. The summed E-state index contributed by atoms with van der Waals surface area (Å²) in [5.41, 5.74) is 0.253. The van der Waals surface area contributed by atoms with Gasteiger partial charge in [-0.15, -0.1) is 0 Å². The fraction of sp³-hybridized carbons (Fsp3) is 0.529. The second kappa shape index (κ2) is 10.4. The van der Waals surface area contributed by atoms with Crippen molar-refractivity contribution in [3.05, 3.63) is 39.9 Å². The van der Waals surface area contributed by atoms with Crippen LogP contribution in [0.2, 0.25) is 0 Å². The van der Waals surface area contributed by atoms with E-state index >= 15 is 0 Å². The van der Waals surface area contributed by atoms with Gasteiger partial charge in [0.2, 0.25) is 0 Å². The van der Waals surface area contributed by atoms with Crippen LogP contribution < -0.4 is 0 Å². The van der Waals surface area contributed by atoms with Crippen molar-refractivity contribution < 1.29 is 24.0 Å². The smallest absolute Gasteiger partial charge is 0.307 e. The normalized spacial score (nSPS) is 10.6.